The Bertz CT molecular complexity index is 490. The average Bonchev–Trinajstić information content (AvgIpc) is 2.49. The Kier molecular flexibility index (Phi) is 3.95. The summed E-state index contributed by atoms with van der Waals surface area (Å²) in [5.74, 6) is 1.81. The van der Waals surface area contributed by atoms with Crippen molar-refractivity contribution in [3.05, 3.63) is 29.8 Å². The second kappa shape index (κ2) is 5.86. The number of methoxy groups -OCH3 is 1. The molecule has 1 aromatic carbocycles. The highest BCUT2D eigenvalue weighted by Crippen LogP contribution is 2.37. The highest BCUT2D eigenvalue weighted by Gasteiger charge is 2.36. The van der Waals surface area contributed by atoms with Gasteiger partial charge in [-0.25, -0.2) is 0 Å². The minimum atomic E-state index is 0.0807. The summed E-state index contributed by atoms with van der Waals surface area (Å²) >= 11 is 0. The van der Waals surface area contributed by atoms with Crippen molar-refractivity contribution in [3.63, 3.8) is 0 Å². The molecule has 1 aliphatic heterocycles. The molecule has 1 fully saturated rings. The second-order valence-electron chi connectivity index (χ2n) is 5.86. The molecule has 2 aliphatic rings. The van der Waals surface area contributed by atoms with Crippen molar-refractivity contribution >= 4 is 5.90 Å². The van der Waals surface area contributed by atoms with Crippen molar-refractivity contribution < 1.29 is 9.47 Å². The monoisotopic (exact) mass is 273 g/mol. The molecular weight excluding hydrogens is 250 g/mol. The Morgan fingerprint density at radius 2 is 1.95 bits per heavy atom. The van der Waals surface area contributed by atoms with E-state index in [4.69, 9.17) is 9.47 Å². The first-order valence-corrected chi connectivity index (χ1v) is 7.66. The SMILES string of the molecule is COc1ccccc1CC1=NCCC2(CCCCC2)O1. The molecule has 1 spiro atoms. The molecule has 0 saturated heterocycles. The summed E-state index contributed by atoms with van der Waals surface area (Å²) in [5, 5.41) is 0. The maximum atomic E-state index is 6.31. The molecule has 20 heavy (non-hydrogen) atoms. The standard InChI is InChI=1S/C17H23NO2/c1-19-15-8-4-3-7-14(15)13-16-18-12-11-17(20-16)9-5-2-6-10-17/h3-4,7-8H,2,5-6,9-13H2,1H3. The van der Waals surface area contributed by atoms with Crippen LogP contribution in [-0.2, 0) is 11.2 Å². The van der Waals surface area contributed by atoms with Gasteiger partial charge < -0.3 is 9.47 Å². The van der Waals surface area contributed by atoms with Gasteiger partial charge in [-0.2, -0.15) is 0 Å². The van der Waals surface area contributed by atoms with Gasteiger partial charge in [0.15, 0.2) is 5.90 Å². The molecule has 1 aromatic rings. The Labute approximate surface area is 121 Å². The number of para-hydroxylation sites is 1. The molecule has 0 aromatic heterocycles. The van der Waals surface area contributed by atoms with Gasteiger partial charge in [-0.15, -0.1) is 0 Å². The van der Waals surface area contributed by atoms with Crippen LogP contribution in [0.2, 0.25) is 0 Å². The number of nitrogens with zero attached hydrogens (tertiary/aromatic N) is 1. The maximum absolute atomic E-state index is 6.31. The quantitative estimate of drug-likeness (QED) is 0.839. The molecule has 0 bridgehead atoms. The summed E-state index contributed by atoms with van der Waals surface area (Å²) in [6.07, 6.45) is 8.15. The van der Waals surface area contributed by atoms with Crippen LogP contribution in [0.25, 0.3) is 0 Å². The highest BCUT2D eigenvalue weighted by atomic mass is 16.5. The Morgan fingerprint density at radius 3 is 2.75 bits per heavy atom. The van der Waals surface area contributed by atoms with Gasteiger partial charge in [-0.1, -0.05) is 24.6 Å². The molecular formula is C17H23NO2. The Balaban J connectivity index is 1.72. The molecule has 0 radical (unpaired) electrons. The van der Waals surface area contributed by atoms with E-state index >= 15 is 0 Å². The predicted octanol–water partition coefficient (Wildman–Crippen LogP) is 3.76. The van der Waals surface area contributed by atoms with Gasteiger partial charge in [0.2, 0.25) is 0 Å². The van der Waals surface area contributed by atoms with E-state index < -0.39 is 0 Å². The lowest BCUT2D eigenvalue weighted by Gasteiger charge is -2.40. The lowest BCUT2D eigenvalue weighted by molar-refractivity contribution is 0.000908. The van der Waals surface area contributed by atoms with E-state index in [0.717, 1.165) is 36.6 Å². The number of hydrogen-bond donors (Lipinski definition) is 0. The van der Waals surface area contributed by atoms with Gasteiger partial charge in [-0.05, 0) is 31.7 Å². The van der Waals surface area contributed by atoms with E-state index in [9.17, 15) is 0 Å². The summed E-state index contributed by atoms with van der Waals surface area (Å²) in [4.78, 5) is 4.59. The normalized spacial score (nSPS) is 21.1. The zero-order chi connectivity index (χ0) is 13.8. The fourth-order valence-electron chi connectivity index (χ4n) is 3.37. The number of ether oxygens (including phenoxy) is 2. The van der Waals surface area contributed by atoms with Crippen molar-refractivity contribution in [2.24, 2.45) is 4.99 Å². The molecule has 0 atom stereocenters. The first kappa shape index (κ1) is 13.5. The molecule has 108 valence electrons. The van der Waals surface area contributed by atoms with Crippen molar-refractivity contribution in [1.82, 2.24) is 0 Å². The van der Waals surface area contributed by atoms with Gasteiger partial charge in [0.25, 0.3) is 0 Å². The first-order valence-electron chi connectivity index (χ1n) is 7.66. The van der Waals surface area contributed by atoms with Gasteiger partial charge >= 0.3 is 0 Å². The predicted molar refractivity (Wildman–Crippen MR) is 80.5 cm³/mol. The third-order valence-corrected chi connectivity index (χ3v) is 4.49. The fraction of sp³-hybridized carbons (Fsp3) is 0.588. The van der Waals surface area contributed by atoms with E-state index in [0.29, 0.717) is 0 Å². The third-order valence-electron chi connectivity index (χ3n) is 4.49. The zero-order valence-electron chi connectivity index (χ0n) is 12.2. The molecule has 3 rings (SSSR count). The van der Waals surface area contributed by atoms with Crippen LogP contribution in [0.4, 0.5) is 0 Å². The molecule has 1 aliphatic carbocycles. The minimum absolute atomic E-state index is 0.0807. The van der Waals surface area contributed by atoms with Gasteiger partial charge in [-0.3, -0.25) is 4.99 Å². The minimum Gasteiger partial charge on any atom is -0.496 e. The van der Waals surface area contributed by atoms with Crippen molar-refractivity contribution in [2.45, 2.75) is 50.5 Å². The number of rotatable bonds is 3. The molecule has 3 nitrogen and oxygen atoms in total. The summed E-state index contributed by atoms with van der Waals surface area (Å²) in [6, 6.07) is 8.12. The summed E-state index contributed by atoms with van der Waals surface area (Å²) < 4.78 is 11.7. The van der Waals surface area contributed by atoms with Crippen LogP contribution in [0.15, 0.2) is 29.3 Å². The van der Waals surface area contributed by atoms with Gasteiger partial charge in [0.1, 0.15) is 11.4 Å². The van der Waals surface area contributed by atoms with Crippen molar-refractivity contribution in [2.75, 3.05) is 13.7 Å². The van der Waals surface area contributed by atoms with E-state index in [-0.39, 0.29) is 5.60 Å². The lowest BCUT2D eigenvalue weighted by Crippen LogP contribution is -2.41. The molecule has 0 amide bonds. The summed E-state index contributed by atoms with van der Waals surface area (Å²) in [5.41, 5.74) is 1.23. The Hall–Kier alpha value is -1.51. The zero-order valence-corrected chi connectivity index (χ0v) is 12.2. The smallest absolute Gasteiger partial charge is 0.188 e. The number of aliphatic imine (C=N–C) groups is 1. The van der Waals surface area contributed by atoms with Crippen molar-refractivity contribution in [1.29, 1.82) is 0 Å². The second-order valence-corrected chi connectivity index (χ2v) is 5.86. The van der Waals surface area contributed by atoms with E-state index in [1.807, 2.05) is 18.2 Å². The molecule has 3 heteroatoms. The third kappa shape index (κ3) is 2.82. The average molecular weight is 273 g/mol. The van der Waals surface area contributed by atoms with Crippen LogP contribution < -0.4 is 4.74 Å². The largest absolute Gasteiger partial charge is 0.496 e. The van der Waals surface area contributed by atoms with Crippen LogP contribution in [0.1, 0.15) is 44.1 Å². The van der Waals surface area contributed by atoms with Crippen molar-refractivity contribution in [3.8, 4) is 5.75 Å². The van der Waals surface area contributed by atoms with E-state index in [1.54, 1.807) is 7.11 Å². The highest BCUT2D eigenvalue weighted by molar-refractivity contribution is 5.80. The lowest BCUT2D eigenvalue weighted by atomic mass is 9.81. The first-order chi connectivity index (χ1) is 9.81. The molecule has 0 unspecified atom stereocenters. The summed E-state index contributed by atoms with van der Waals surface area (Å²) in [6.45, 7) is 0.907. The van der Waals surface area contributed by atoms with Crippen LogP contribution in [-0.4, -0.2) is 25.2 Å². The number of hydrogen-bond acceptors (Lipinski definition) is 3. The van der Waals surface area contributed by atoms with Crippen LogP contribution >= 0.6 is 0 Å². The van der Waals surface area contributed by atoms with Crippen LogP contribution in [0, 0.1) is 0 Å². The maximum Gasteiger partial charge on any atom is 0.188 e. The molecule has 0 N–H and O–H groups in total. The molecule has 1 heterocycles. The number of benzene rings is 1. The van der Waals surface area contributed by atoms with Crippen LogP contribution in [0.5, 0.6) is 5.75 Å². The van der Waals surface area contributed by atoms with E-state index in [2.05, 4.69) is 11.1 Å². The van der Waals surface area contributed by atoms with Gasteiger partial charge in [0.05, 0.1) is 13.5 Å². The molecule has 1 saturated carbocycles. The van der Waals surface area contributed by atoms with Gasteiger partial charge in [0, 0.05) is 18.5 Å². The summed E-state index contributed by atoms with van der Waals surface area (Å²) in [7, 11) is 1.71. The fourth-order valence-corrected chi connectivity index (χ4v) is 3.37. The topological polar surface area (TPSA) is 30.8 Å². The Morgan fingerprint density at radius 1 is 1.15 bits per heavy atom. The van der Waals surface area contributed by atoms with E-state index in [1.165, 1.54) is 32.1 Å². The van der Waals surface area contributed by atoms with Crippen LogP contribution in [0.3, 0.4) is 0 Å².